The fourth-order valence-corrected chi connectivity index (χ4v) is 2.09. The summed E-state index contributed by atoms with van der Waals surface area (Å²) in [4.78, 5) is 11.8. The first-order chi connectivity index (χ1) is 7.59. The molecule has 0 bridgehead atoms. The van der Waals surface area contributed by atoms with Crippen LogP contribution in [0.25, 0.3) is 5.69 Å². The number of aromatic nitrogens is 1. The van der Waals surface area contributed by atoms with Crippen LogP contribution in [0.4, 0.5) is 0 Å². The second-order valence-electron chi connectivity index (χ2n) is 3.48. The van der Waals surface area contributed by atoms with E-state index in [1.807, 2.05) is 24.3 Å². The summed E-state index contributed by atoms with van der Waals surface area (Å²) in [6.45, 7) is 1.78. The van der Waals surface area contributed by atoms with Crippen LogP contribution in [0, 0.1) is 6.92 Å². The molecule has 0 spiro atoms. The summed E-state index contributed by atoms with van der Waals surface area (Å²) in [7, 11) is 0. The zero-order chi connectivity index (χ0) is 11.7. The molecule has 82 valence electrons. The van der Waals surface area contributed by atoms with Gasteiger partial charge in [-0.25, -0.2) is 0 Å². The van der Waals surface area contributed by atoms with Crippen molar-refractivity contribution >= 4 is 15.9 Å². The smallest absolute Gasteiger partial charge is 0.259 e. The Balaban J connectivity index is 2.75. The van der Waals surface area contributed by atoms with Crippen molar-refractivity contribution in [3.8, 4) is 11.4 Å². The number of aromatic hydroxyl groups is 1. The van der Waals surface area contributed by atoms with Crippen LogP contribution in [0.3, 0.4) is 0 Å². The summed E-state index contributed by atoms with van der Waals surface area (Å²) >= 11 is 3.40. The number of benzene rings is 1. The Morgan fingerprint density at radius 1 is 1.25 bits per heavy atom. The Kier molecular flexibility index (Phi) is 2.83. The summed E-state index contributed by atoms with van der Waals surface area (Å²) in [5, 5.41) is 9.31. The monoisotopic (exact) mass is 279 g/mol. The molecule has 0 aliphatic heterocycles. The van der Waals surface area contributed by atoms with Gasteiger partial charge in [0.25, 0.3) is 5.56 Å². The number of nitrogens with zero attached hydrogens (tertiary/aromatic N) is 1. The SMILES string of the molecule is Cc1cc(O)cc(=O)n1-c1ccccc1Br. The van der Waals surface area contributed by atoms with Gasteiger partial charge in [0.15, 0.2) is 0 Å². The fourth-order valence-electron chi connectivity index (χ4n) is 1.63. The number of halogens is 1. The predicted octanol–water partition coefficient (Wildman–Crippen LogP) is 2.61. The third-order valence-corrected chi connectivity index (χ3v) is 2.97. The fraction of sp³-hybridized carbons (Fsp3) is 0.0833. The van der Waals surface area contributed by atoms with E-state index in [9.17, 15) is 9.90 Å². The highest BCUT2D eigenvalue weighted by molar-refractivity contribution is 9.10. The van der Waals surface area contributed by atoms with Crippen molar-refractivity contribution in [3.05, 3.63) is 56.9 Å². The van der Waals surface area contributed by atoms with Gasteiger partial charge in [0.2, 0.25) is 0 Å². The Bertz CT molecular complexity index is 590. The largest absolute Gasteiger partial charge is 0.508 e. The highest BCUT2D eigenvalue weighted by Crippen LogP contribution is 2.21. The maximum Gasteiger partial charge on any atom is 0.259 e. The lowest BCUT2D eigenvalue weighted by atomic mass is 10.2. The maximum absolute atomic E-state index is 11.8. The Hall–Kier alpha value is -1.55. The zero-order valence-corrected chi connectivity index (χ0v) is 10.2. The Labute approximate surface area is 101 Å². The molecule has 0 fully saturated rings. The summed E-state index contributed by atoms with van der Waals surface area (Å²) in [5.41, 5.74) is 1.21. The summed E-state index contributed by atoms with van der Waals surface area (Å²) < 4.78 is 2.38. The molecule has 0 atom stereocenters. The quantitative estimate of drug-likeness (QED) is 0.872. The van der Waals surface area contributed by atoms with E-state index >= 15 is 0 Å². The van der Waals surface area contributed by atoms with E-state index in [1.54, 1.807) is 17.6 Å². The van der Waals surface area contributed by atoms with Gasteiger partial charge in [-0.05, 0) is 41.1 Å². The van der Waals surface area contributed by atoms with Crippen LogP contribution in [0.15, 0.2) is 45.7 Å². The van der Waals surface area contributed by atoms with Gasteiger partial charge in [-0.1, -0.05) is 12.1 Å². The summed E-state index contributed by atoms with van der Waals surface area (Å²) in [6.07, 6.45) is 0. The molecule has 1 aromatic heterocycles. The van der Waals surface area contributed by atoms with Crippen LogP contribution in [-0.4, -0.2) is 9.67 Å². The minimum atomic E-state index is -0.246. The molecule has 3 nitrogen and oxygen atoms in total. The normalized spacial score (nSPS) is 10.4. The first kappa shape index (κ1) is 11.0. The van der Waals surface area contributed by atoms with Gasteiger partial charge in [0.05, 0.1) is 5.69 Å². The van der Waals surface area contributed by atoms with Crippen molar-refractivity contribution in [3.63, 3.8) is 0 Å². The van der Waals surface area contributed by atoms with Crippen molar-refractivity contribution in [2.24, 2.45) is 0 Å². The van der Waals surface area contributed by atoms with E-state index in [-0.39, 0.29) is 11.3 Å². The lowest BCUT2D eigenvalue weighted by molar-refractivity contribution is 0.472. The van der Waals surface area contributed by atoms with E-state index in [4.69, 9.17) is 0 Å². The molecule has 4 heteroatoms. The molecule has 0 aliphatic rings. The number of rotatable bonds is 1. The average Bonchev–Trinajstić information content (AvgIpc) is 2.19. The van der Waals surface area contributed by atoms with Crippen LogP contribution in [0.5, 0.6) is 5.75 Å². The van der Waals surface area contributed by atoms with Crippen molar-refractivity contribution in [1.29, 1.82) is 0 Å². The van der Waals surface area contributed by atoms with Crippen molar-refractivity contribution in [2.45, 2.75) is 6.92 Å². The van der Waals surface area contributed by atoms with Gasteiger partial charge in [0, 0.05) is 16.2 Å². The van der Waals surface area contributed by atoms with Gasteiger partial charge >= 0.3 is 0 Å². The Morgan fingerprint density at radius 3 is 2.56 bits per heavy atom. The van der Waals surface area contributed by atoms with Gasteiger partial charge in [0.1, 0.15) is 5.75 Å². The van der Waals surface area contributed by atoms with Gasteiger partial charge < -0.3 is 5.11 Å². The molecule has 1 N–H and O–H groups in total. The van der Waals surface area contributed by atoms with Gasteiger partial charge in [-0.2, -0.15) is 0 Å². The minimum absolute atomic E-state index is 0.00852. The van der Waals surface area contributed by atoms with Crippen LogP contribution >= 0.6 is 15.9 Å². The van der Waals surface area contributed by atoms with Crippen molar-refractivity contribution in [2.75, 3.05) is 0 Å². The molecule has 2 aromatic rings. The molecule has 2 rings (SSSR count). The predicted molar refractivity (Wildman–Crippen MR) is 66.1 cm³/mol. The first-order valence-corrected chi connectivity index (χ1v) is 5.56. The van der Waals surface area contributed by atoms with Gasteiger partial charge in [-0.3, -0.25) is 9.36 Å². The van der Waals surface area contributed by atoms with Crippen LogP contribution in [0.1, 0.15) is 5.69 Å². The summed E-state index contributed by atoms with van der Waals surface area (Å²) in [5.74, 6) is -0.00852. The minimum Gasteiger partial charge on any atom is -0.508 e. The van der Waals surface area contributed by atoms with Crippen LogP contribution < -0.4 is 5.56 Å². The molecule has 0 saturated heterocycles. The maximum atomic E-state index is 11.8. The molecule has 16 heavy (non-hydrogen) atoms. The highest BCUT2D eigenvalue weighted by atomic mass is 79.9. The third-order valence-electron chi connectivity index (χ3n) is 2.29. The molecule has 0 radical (unpaired) electrons. The third kappa shape index (κ3) is 1.88. The van der Waals surface area contributed by atoms with Crippen LogP contribution in [-0.2, 0) is 0 Å². The zero-order valence-electron chi connectivity index (χ0n) is 8.64. The molecule has 0 aliphatic carbocycles. The second kappa shape index (κ2) is 4.14. The summed E-state index contributed by atoms with van der Waals surface area (Å²) in [6, 6.07) is 10.2. The number of hydrogen-bond donors (Lipinski definition) is 1. The van der Waals surface area contributed by atoms with Gasteiger partial charge in [-0.15, -0.1) is 0 Å². The number of aryl methyl sites for hydroxylation is 1. The van der Waals surface area contributed by atoms with Crippen molar-refractivity contribution in [1.82, 2.24) is 4.57 Å². The molecule has 0 unspecified atom stereocenters. The van der Waals surface area contributed by atoms with Crippen LogP contribution in [0.2, 0.25) is 0 Å². The molecular formula is C12H10BrNO2. The highest BCUT2D eigenvalue weighted by Gasteiger charge is 2.07. The van der Waals surface area contributed by atoms with E-state index in [0.29, 0.717) is 5.69 Å². The van der Waals surface area contributed by atoms with Crippen molar-refractivity contribution < 1.29 is 5.11 Å². The molecule has 1 heterocycles. The standard InChI is InChI=1S/C12H10BrNO2/c1-8-6-9(15)7-12(16)14(8)11-5-3-2-4-10(11)13/h2-7,15H,1H3. The topological polar surface area (TPSA) is 42.2 Å². The number of pyridine rings is 1. The van der Waals surface area contributed by atoms with E-state index in [2.05, 4.69) is 15.9 Å². The number of hydrogen-bond acceptors (Lipinski definition) is 2. The average molecular weight is 280 g/mol. The molecule has 0 saturated carbocycles. The molecular weight excluding hydrogens is 270 g/mol. The first-order valence-electron chi connectivity index (χ1n) is 4.77. The lowest BCUT2D eigenvalue weighted by Crippen LogP contribution is -2.19. The molecule has 0 amide bonds. The lowest BCUT2D eigenvalue weighted by Gasteiger charge is -2.11. The van der Waals surface area contributed by atoms with E-state index in [0.717, 1.165) is 10.2 Å². The van der Waals surface area contributed by atoms with E-state index < -0.39 is 0 Å². The number of para-hydroxylation sites is 1. The second-order valence-corrected chi connectivity index (χ2v) is 4.33. The van der Waals surface area contributed by atoms with E-state index in [1.165, 1.54) is 6.07 Å². The Morgan fingerprint density at radius 2 is 1.94 bits per heavy atom. The molecule has 1 aromatic carbocycles.